The molecule has 0 bridgehead atoms. The zero-order valence-electron chi connectivity index (χ0n) is 15.7. The van der Waals surface area contributed by atoms with E-state index >= 15 is 0 Å². The number of rotatable bonds is 7. The van der Waals surface area contributed by atoms with Gasteiger partial charge in [0, 0.05) is 17.8 Å². The summed E-state index contributed by atoms with van der Waals surface area (Å²) in [6, 6.07) is 9.11. The van der Waals surface area contributed by atoms with Gasteiger partial charge in [-0.15, -0.1) is 0 Å². The molecule has 1 saturated carbocycles. The third kappa shape index (κ3) is 4.00. The van der Waals surface area contributed by atoms with Crippen LogP contribution >= 0.6 is 0 Å². The van der Waals surface area contributed by atoms with E-state index in [1.807, 2.05) is 0 Å². The third-order valence-corrected chi connectivity index (χ3v) is 4.53. The van der Waals surface area contributed by atoms with Crippen LogP contribution in [0.1, 0.15) is 6.42 Å². The zero-order valence-corrected chi connectivity index (χ0v) is 15.7. The standard InChI is InChI=1S/C20H21FN2O5/c1-26-16-8-11(9-17(27-2)18(16)28-3)22-19(24)12-10-13(12)20(25)23-15-7-5-4-6-14(15)21/h4-9,12-13H,10H2,1-3H3,(H,22,24)(H,23,25). The molecule has 0 aliphatic heterocycles. The second-order valence-corrected chi connectivity index (χ2v) is 6.32. The minimum absolute atomic E-state index is 0.100. The van der Waals surface area contributed by atoms with Gasteiger partial charge in [-0.1, -0.05) is 12.1 Å². The Balaban J connectivity index is 1.65. The Bertz CT molecular complexity index is 877. The summed E-state index contributed by atoms with van der Waals surface area (Å²) in [6.07, 6.45) is 0.399. The van der Waals surface area contributed by atoms with Crippen LogP contribution in [-0.4, -0.2) is 33.1 Å². The predicted molar refractivity (Wildman–Crippen MR) is 101 cm³/mol. The second-order valence-electron chi connectivity index (χ2n) is 6.32. The van der Waals surface area contributed by atoms with Gasteiger partial charge in [-0.2, -0.15) is 0 Å². The Hall–Kier alpha value is -3.29. The summed E-state index contributed by atoms with van der Waals surface area (Å²) < 4.78 is 29.4. The number of amides is 2. The van der Waals surface area contributed by atoms with Gasteiger partial charge < -0.3 is 24.8 Å². The number of benzene rings is 2. The van der Waals surface area contributed by atoms with Gasteiger partial charge in [0.1, 0.15) is 5.82 Å². The van der Waals surface area contributed by atoms with Crippen molar-refractivity contribution >= 4 is 23.2 Å². The van der Waals surface area contributed by atoms with E-state index in [0.717, 1.165) is 0 Å². The average Bonchev–Trinajstić information content (AvgIpc) is 3.50. The Kier molecular flexibility index (Phi) is 5.67. The lowest BCUT2D eigenvalue weighted by atomic mass is 10.2. The summed E-state index contributed by atoms with van der Waals surface area (Å²) >= 11 is 0. The molecular formula is C20H21FN2O5. The molecule has 1 fully saturated rings. The van der Waals surface area contributed by atoms with E-state index in [0.29, 0.717) is 29.4 Å². The van der Waals surface area contributed by atoms with Crippen molar-refractivity contribution < 1.29 is 28.2 Å². The van der Waals surface area contributed by atoms with Crippen LogP contribution in [0.25, 0.3) is 0 Å². The average molecular weight is 388 g/mol. The van der Waals surface area contributed by atoms with E-state index < -0.39 is 17.7 Å². The fourth-order valence-electron chi connectivity index (χ4n) is 2.95. The third-order valence-electron chi connectivity index (χ3n) is 4.53. The molecule has 2 aromatic carbocycles. The molecule has 0 heterocycles. The highest BCUT2D eigenvalue weighted by molar-refractivity contribution is 6.03. The van der Waals surface area contributed by atoms with Gasteiger partial charge in [-0.3, -0.25) is 9.59 Å². The molecule has 1 aliphatic rings. The van der Waals surface area contributed by atoms with Crippen LogP contribution < -0.4 is 24.8 Å². The molecule has 0 radical (unpaired) electrons. The number of methoxy groups -OCH3 is 3. The molecule has 2 atom stereocenters. The molecule has 3 rings (SSSR count). The maximum atomic E-state index is 13.7. The Morgan fingerprint density at radius 1 is 0.929 bits per heavy atom. The first kappa shape index (κ1) is 19.5. The molecule has 2 unspecified atom stereocenters. The molecule has 1 aliphatic carbocycles. The maximum absolute atomic E-state index is 13.7. The number of carbonyl (C=O) groups is 2. The molecule has 2 amide bonds. The fraction of sp³-hybridized carbons (Fsp3) is 0.300. The summed E-state index contributed by atoms with van der Waals surface area (Å²) in [4.78, 5) is 24.7. The van der Waals surface area contributed by atoms with Crippen molar-refractivity contribution in [1.29, 1.82) is 0 Å². The lowest BCUT2D eigenvalue weighted by molar-refractivity contribution is -0.122. The van der Waals surface area contributed by atoms with E-state index in [1.165, 1.54) is 39.5 Å². The summed E-state index contributed by atoms with van der Waals surface area (Å²) in [5, 5.41) is 5.28. The lowest BCUT2D eigenvalue weighted by Gasteiger charge is -2.14. The zero-order chi connectivity index (χ0) is 20.3. The highest BCUT2D eigenvalue weighted by atomic mass is 19.1. The first-order chi connectivity index (χ1) is 13.5. The quantitative estimate of drug-likeness (QED) is 0.761. The van der Waals surface area contributed by atoms with E-state index in [1.54, 1.807) is 18.2 Å². The molecular weight excluding hydrogens is 367 g/mol. The first-order valence-corrected chi connectivity index (χ1v) is 8.64. The summed E-state index contributed by atoms with van der Waals surface area (Å²) in [5.74, 6) is -0.958. The highest BCUT2D eigenvalue weighted by Gasteiger charge is 2.48. The van der Waals surface area contributed by atoms with Crippen molar-refractivity contribution in [2.75, 3.05) is 32.0 Å². The Labute approximate surface area is 161 Å². The van der Waals surface area contributed by atoms with Crippen LogP contribution in [0.2, 0.25) is 0 Å². The van der Waals surface area contributed by atoms with Crippen molar-refractivity contribution in [2.45, 2.75) is 6.42 Å². The van der Waals surface area contributed by atoms with E-state index in [2.05, 4.69) is 10.6 Å². The molecule has 7 nitrogen and oxygen atoms in total. The molecule has 0 spiro atoms. The van der Waals surface area contributed by atoms with Crippen LogP contribution in [0.15, 0.2) is 36.4 Å². The minimum atomic E-state index is -0.519. The lowest BCUT2D eigenvalue weighted by Crippen LogP contribution is -2.21. The number of halogens is 1. The van der Waals surface area contributed by atoms with Gasteiger partial charge in [0.15, 0.2) is 11.5 Å². The minimum Gasteiger partial charge on any atom is -0.493 e. The molecule has 148 valence electrons. The van der Waals surface area contributed by atoms with Gasteiger partial charge in [0.2, 0.25) is 17.6 Å². The number of nitrogens with one attached hydrogen (secondary N) is 2. The fourth-order valence-corrected chi connectivity index (χ4v) is 2.95. The number of ether oxygens (including phenoxy) is 3. The van der Waals surface area contributed by atoms with E-state index in [-0.39, 0.29) is 17.5 Å². The van der Waals surface area contributed by atoms with Gasteiger partial charge in [0.05, 0.1) is 38.9 Å². The topological polar surface area (TPSA) is 85.9 Å². The largest absolute Gasteiger partial charge is 0.493 e. The van der Waals surface area contributed by atoms with Crippen molar-refractivity contribution in [1.82, 2.24) is 0 Å². The number of para-hydroxylation sites is 1. The van der Waals surface area contributed by atoms with Gasteiger partial charge in [-0.25, -0.2) is 4.39 Å². The Morgan fingerprint density at radius 3 is 2.04 bits per heavy atom. The highest BCUT2D eigenvalue weighted by Crippen LogP contribution is 2.43. The van der Waals surface area contributed by atoms with Crippen molar-refractivity contribution in [3.8, 4) is 17.2 Å². The smallest absolute Gasteiger partial charge is 0.228 e. The van der Waals surface area contributed by atoms with Gasteiger partial charge >= 0.3 is 0 Å². The molecule has 2 aromatic rings. The van der Waals surface area contributed by atoms with Crippen molar-refractivity contribution in [2.24, 2.45) is 11.8 Å². The van der Waals surface area contributed by atoms with Crippen LogP contribution in [0.4, 0.5) is 15.8 Å². The van der Waals surface area contributed by atoms with Crippen molar-refractivity contribution in [3.63, 3.8) is 0 Å². The van der Waals surface area contributed by atoms with Crippen LogP contribution in [-0.2, 0) is 9.59 Å². The molecule has 2 N–H and O–H groups in total. The molecule has 0 saturated heterocycles. The van der Waals surface area contributed by atoms with E-state index in [4.69, 9.17) is 14.2 Å². The van der Waals surface area contributed by atoms with Crippen LogP contribution in [0, 0.1) is 17.7 Å². The van der Waals surface area contributed by atoms with Gasteiger partial charge in [-0.05, 0) is 18.6 Å². The SMILES string of the molecule is COc1cc(NC(=O)C2CC2C(=O)Nc2ccccc2F)cc(OC)c1OC. The Morgan fingerprint density at radius 2 is 1.50 bits per heavy atom. The normalized spacial score (nSPS) is 17.4. The summed E-state index contributed by atoms with van der Waals surface area (Å²) in [7, 11) is 4.45. The number of carbonyl (C=O) groups excluding carboxylic acids is 2. The van der Waals surface area contributed by atoms with E-state index in [9.17, 15) is 14.0 Å². The maximum Gasteiger partial charge on any atom is 0.228 e. The molecule has 0 aromatic heterocycles. The van der Waals surface area contributed by atoms with Crippen molar-refractivity contribution in [3.05, 3.63) is 42.2 Å². The summed E-state index contributed by atoms with van der Waals surface area (Å²) in [6.45, 7) is 0. The molecule has 8 heteroatoms. The van der Waals surface area contributed by atoms with Crippen LogP contribution in [0.5, 0.6) is 17.2 Å². The summed E-state index contributed by atoms with van der Waals surface area (Å²) in [5.41, 5.74) is 0.558. The van der Waals surface area contributed by atoms with Gasteiger partial charge in [0.25, 0.3) is 0 Å². The predicted octanol–water partition coefficient (Wildman–Crippen LogP) is 3.06. The molecule has 28 heavy (non-hydrogen) atoms. The first-order valence-electron chi connectivity index (χ1n) is 8.64. The van der Waals surface area contributed by atoms with Crippen LogP contribution in [0.3, 0.4) is 0 Å². The second kappa shape index (κ2) is 8.16. The number of hydrogen-bond acceptors (Lipinski definition) is 5. The monoisotopic (exact) mass is 388 g/mol. The number of hydrogen-bond donors (Lipinski definition) is 2. The number of anilines is 2.